The lowest BCUT2D eigenvalue weighted by molar-refractivity contribution is 0.573. The summed E-state index contributed by atoms with van der Waals surface area (Å²) in [5, 5.41) is 10.4. The molecule has 3 rings (SSSR count). The first-order valence-electron chi connectivity index (χ1n) is 6.99. The molecule has 2 aromatic carbocycles. The molecule has 0 spiro atoms. The molecule has 0 aliphatic heterocycles. The quantitative estimate of drug-likeness (QED) is 0.784. The molecule has 0 bridgehead atoms. The van der Waals surface area contributed by atoms with Gasteiger partial charge in [-0.15, -0.1) is 0 Å². The Hall–Kier alpha value is -2.13. The first-order valence-corrected chi connectivity index (χ1v) is 6.99. The fraction of sp³-hybridized carbons (Fsp3) is 0.235. The van der Waals surface area contributed by atoms with Crippen LogP contribution in [0, 0.1) is 0 Å². The Labute approximate surface area is 119 Å². The lowest BCUT2D eigenvalue weighted by Crippen LogP contribution is -2.24. The topological polar surface area (TPSA) is 29.9 Å². The SMILES string of the molecule is CCNC(c1ccc2ccccc2c1)c1ccnn1C. The molecule has 3 nitrogen and oxygen atoms in total. The minimum atomic E-state index is 0.178. The summed E-state index contributed by atoms with van der Waals surface area (Å²) in [6, 6.07) is 17.4. The summed E-state index contributed by atoms with van der Waals surface area (Å²) >= 11 is 0. The average molecular weight is 265 g/mol. The highest BCUT2D eigenvalue weighted by Crippen LogP contribution is 2.25. The maximum atomic E-state index is 4.28. The Morgan fingerprint density at radius 3 is 2.60 bits per heavy atom. The summed E-state index contributed by atoms with van der Waals surface area (Å²) in [4.78, 5) is 0. The third kappa shape index (κ3) is 2.32. The molecule has 1 N–H and O–H groups in total. The molecule has 0 radical (unpaired) electrons. The second-order valence-corrected chi connectivity index (χ2v) is 4.98. The molecule has 1 atom stereocenters. The third-order valence-corrected chi connectivity index (χ3v) is 3.67. The van der Waals surface area contributed by atoms with Crippen molar-refractivity contribution in [3.8, 4) is 0 Å². The number of nitrogens with one attached hydrogen (secondary N) is 1. The maximum Gasteiger partial charge on any atom is 0.0748 e. The predicted molar refractivity (Wildman–Crippen MR) is 82.7 cm³/mol. The zero-order valence-electron chi connectivity index (χ0n) is 11.9. The highest BCUT2D eigenvalue weighted by atomic mass is 15.3. The standard InChI is InChI=1S/C17H19N3/c1-3-18-17(16-10-11-19-20(16)2)15-9-8-13-6-4-5-7-14(13)12-15/h4-12,17-18H,3H2,1-2H3. The Morgan fingerprint density at radius 1 is 1.10 bits per heavy atom. The molecule has 1 unspecified atom stereocenters. The molecule has 1 heterocycles. The normalized spacial score (nSPS) is 12.7. The lowest BCUT2D eigenvalue weighted by atomic mass is 9.99. The predicted octanol–water partition coefficient (Wildman–Crippen LogP) is 3.27. The van der Waals surface area contributed by atoms with Gasteiger partial charge in [-0.05, 0) is 35.0 Å². The van der Waals surface area contributed by atoms with Crippen LogP contribution in [0.2, 0.25) is 0 Å². The van der Waals surface area contributed by atoms with Gasteiger partial charge in [-0.25, -0.2) is 0 Å². The van der Waals surface area contributed by atoms with Crippen molar-refractivity contribution in [3.63, 3.8) is 0 Å². The largest absolute Gasteiger partial charge is 0.305 e. The van der Waals surface area contributed by atoms with Gasteiger partial charge in [-0.3, -0.25) is 4.68 Å². The van der Waals surface area contributed by atoms with Crippen molar-refractivity contribution in [3.05, 3.63) is 66.0 Å². The Balaban J connectivity index is 2.07. The van der Waals surface area contributed by atoms with E-state index in [-0.39, 0.29) is 6.04 Å². The zero-order chi connectivity index (χ0) is 13.9. The number of nitrogens with zero attached hydrogens (tertiary/aromatic N) is 2. The maximum absolute atomic E-state index is 4.28. The van der Waals surface area contributed by atoms with Crippen molar-refractivity contribution < 1.29 is 0 Å². The monoisotopic (exact) mass is 265 g/mol. The fourth-order valence-electron chi connectivity index (χ4n) is 2.65. The van der Waals surface area contributed by atoms with Gasteiger partial charge < -0.3 is 5.32 Å². The highest BCUT2D eigenvalue weighted by molar-refractivity contribution is 5.83. The van der Waals surface area contributed by atoms with Crippen molar-refractivity contribution in [2.24, 2.45) is 7.05 Å². The van der Waals surface area contributed by atoms with Crippen molar-refractivity contribution in [2.75, 3.05) is 6.54 Å². The van der Waals surface area contributed by atoms with E-state index >= 15 is 0 Å². The van der Waals surface area contributed by atoms with Gasteiger partial charge in [-0.1, -0.05) is 43.3 Å². The molecule has 0 saturated heterocycles. The van der Waals surface area contributed by atoms with E-state index in [1.807, 2.05) is 17.9 Å². The van der Waals surface area contributed by atoms with Crippen molar-refractivity contribution >= 4 is 10.8 Å². The average Bonchev–Trinajstić information content (AvgIpc) is 2.90. The molecule has 3 aromatic rings. The van der Waals surface area contributed by atoms with E-state index in [1.54, 1.807) is 0 Å². The van der Waals surface area contributed by atoms with Gasteiger partial charge in [0, 0.05) is 13.2 Å². The molecular formula is C17H19N3. The van der Waals surface area contributed by atoms with Crippen LogP contribution in [-0.2, 0) is 7.05 Å². The molecule has 3 heteroatoms. The highest BCUT2D eigenvalue weighted by Gasteiger charge is 2.16. The van der Waals surface area contributed by atoms with Crippen LogP contribution < -0.4 is 5.32 Å². The van der Waals surface area contributed by atoms with Crippen LogP contribution in [0.15, 0.2) is 54.7 Å². The van der Waals surface area contributed by atoms with E-state index in [1.165, 1.54) is 22.0 Å². The van der Waals surface area contributed by atoms with E-state index in [0.29, 0.717) is 0 Å². The van der Waals surface area contributed by atoms with Crippen LogP contribution in [-0.4, -0.2) is 16.3 Å². The summed E-state index contributed by atoms with van der Waals surface area (Å²) in [7, 11) is 1.99. The van der Waals surface area contributed by atoms with Gasteiger partial charge in [0.1, 0.15) is 0 Å². The van der Waals surface area contributed by atoms with Crippen LogP contribution in [0.3, 0.4) is 0 Å². The van der Waals surface area contributed by atoms with Crippen LogP contribution in [0.5, 0.6) is 0 Å². The minimum absolute atomic E-state index is 0.178. The van der Waals surface area contributed by atoms with E-state index in [0.717, 1.165) is 6.54 Å². The van der Waals surface area contributed by atoms with Gasteiger partial charge >= 0.3 is 0 Å². The van der Waals surface area contributed by atoms with Gasteiger partial charge in [0.2, 0.25) is 0 Å². The lowest BCUT2D eigenvalue weighted by Gasteiger charge is -2.19. The molecule has 0 aliphatic carbocycles. The molecule has 102 valence electrons. The van der Waals surface area contributed by atoms with Gasteiger partial charge in [0.25, 0.3) is 0 Å². The Bertz CT molecular complexity index is 715. The molecule has 20 heavy (non-hydrogen) atoms. The van der Waals surface area contributed by atoms with Crippen molar-refractivity contribution in [2.45, 2.75) is 13.0 Å². The number of benzene rings is 2. The first kappa shape index (κ1) is 12.9. The van der Waals surface area contributed by atoms with E-state index < -0.39 is 0 Å². The number of hydrogen-bond donors (Lipinski definition) is 1. The fourth-order valence-corrected chi connectivity index (χ4v) is 2.65. The number of hydrogen-bond acceptors (Lipinski definition) is 2. The van der Waals surface area contributed by atoms with E-state index in [4.69, 9.17) is 0 Å². The van der Waals surface area contributed by atoms with Crippen molar-refractivity contribution in [1.82, 2.24) is 15.1 Å². The van der Waals surface area contributed by atoms with Crippen LogP contribution in [0.1, 0.15) is 24.2 Å². The molecule has 0 fully saturated rings. The second kappa shape index (κ2) is 5.47. The van der Waals surface area contributed by atoms with Gasteiger partial charge in [-0.2, -0.15) is 5.10 Å². The zero-order valence-corrected chi connectivity index (χ0v) is 11.9. The first-order chi connectivity index (χ1) is 9.79. The molecule has 0 aliphatic rings. The van der Waals surface area contributed by atoms with Gasteiger partial charge in [0.15, 0.2) is 0 Å². The summed E-state index contributed by atoms with van der Waals surface area (Å²) in [5.74, 6) is 0. The summed E-state index contributed by atoms with van der Waals surface area (Å²) in [6.45, 7) is 3.05. The third-order valence-electron chi connectivity index (χ3n) is 3.67. The summed E-state index contributed by atoms with van der Waals surface area (Å²) in [6.07, 6.45) is 1.85. The number of aryl methyl sites for hydroxylation is 1. The number of fused-ring (bicyclic) bond motifs is 1. The van der Waals surface area contributed by atoms with E-state index in [2.05, 4.69) is 65.9 Å². The molecular weight excluding hydrogens is 246 g/mol. The number of aromatic nitrogens is 2. The second-order valence-electron chi connectivity index (χ2n) is 4.98. The van der Waals surface area contributed by atoms with Crippen LogP contribution >= 0.6 is 0 Å². The smallest absolute Gasteiger partial charge is 0.0748 e. The summed E-state index contributed by atoms with van der Waals surface area (Å²) in [5.41, 5.74) is 2.45. The summed E-state index contributed by atoms with van der Waals surface area (Å²) < 4.78 is 1.93. The molecule has 0 saturated carbocycles. The van der Waals surface area contributed by atoms with E-state index in [9.17, 15) is 0 Å². The molecule has 1 aromatic heterocycles. The minimum Gasteiger partial charge on any atom is -0.305 e. The van der Waals surface area contributed by atoms with Crippen LogP contribution in [0.4, 0.5) is 0 Å². The Morgan fingerprint density at radius 2 is 1.90 bits per heavy atom. The van der Waals surface area contributed by atoms with Crippen molar-refractivity contribution in [1.29, 1.82) is 0 Å². The molecule has 0 amide bonds. The van der Waals surface area contributed by atoms with Crippen LogP contribution in [0.25, 0.3) is 10.8 Å². The Kier molecular flexibility index (Phi) is 3.52. The van der Waals surface area contributed by atoms with Gasteiger partial charge in [0.05, 0.1) is 11.7 Å². The number of rotatable bonds is 4.